The molecule has 0 amide bonds. The first kappa shape index (κ1) is 11.9. The Labute approximate surface area is 114 Å². The van der Waals surface area contributed by atoms with Crippen molar-refractivity contribution < 1.29 is 4.39 Å². The van der Waals surface area contributed by atoms with E-state index in [-0.39, 0.29) is 5.02 Å². The predicted molar refractivity (Wildman–Crippen MR) is 76.6 cm³/mol. The number of fused-ring (bicyclic) bond motifs is 1. The molecule has 19 heavy (non-hydrogen) atoms. The molecule has 0 saturated carbocycles. The van der Waals surface area contributed by atoms with Gasteiger partial charge >= 0.3 is 0 Å². The van der Waals surface area contributed by atoms with Crippen molar-refractivity contribution in [1.82, 2.24) is 4.98 Å². The van der Waals surface area contributed by atoms with Crippen LogP contribution in [-0.4, -0.2) is 4.98 Å². The van der Waals surface area contributed by atoms with Gasteiger partial charge in [-0.2, -0.15) is 0 Å². The average Bonchev–Trinajstić information content (AvgIpc) is 2.41. The largest absolute Gasteiger partial charge is 0.398 e. The minimum Gasteiger partial charge on any atom is -0.398 e. The van der Waals surface area contributed by atoms with E-state index in [2.05, 4.69) is 4.98 Å². The van der Waals surface area contributed by atoms with Crippen molar-refractivity contribution in [2.75, 3.05) is 5.73 Å². The highest BCUT2D eigenvalue weighted by Gasteiger charge is 2.10. The molecule has 4 heteroatoms. The van der Waals surface area contributed by atoms with Gasteiger partial charge < -0.3 is 5.73 Å². The number of hydrogen-bond donors (Lipinski definition) is 1. The fourth-order valence-electron chi connectivity index (χ4n) is 2.03. The fraction of sp³-hybridized carbons (Fsp3) is 0. The minimum absolute atomic E-state index is 0.263. The van der Waals surface area contributed by atoms with Crippen LogP contribution in [0, 0.1) is 5.82 Å². The lowest BCUT2D eigenvalue weighted by molar-refractivity contribution is 0.629. The zero-order chi connectivity index (χ0) is 13.4. The van der Waals surface area contributed by atoms with Crippen molar-refractivity contribution in [1.29, 1.82) is 0 Å². The first-order valence-electron chi connectivity index (χ1n) is 5.76. The van der Waals surface area contributed by atoms with Crippen LogP contribution >= 0.6 is 11.6 Å². The summed E-state index contributed by atoms with van der Waals surface area (Å²) in [4.78, 5) is 4.47. The summed E-state index contributed by atoms with van der Waals surface area (Å²) in [5.74, 6) is -0.418. The molecule has 0 spiro atoms. The lowest BCUT2D eigenvalue weighted by Gasteiger charge is -2.08. The monoisotopic (exact) mass is 272 g/mol. The van der Waals surface area contributed by atoms with Crippen molar-refractivity contribution in [3.63, 3.8) is 0 Å². The molecule has 2 N–H and O–H groups in total. The third-order valence-electron chi connectivity index (χ3n) is 2.93. The van der Waals surface area contributed by atoms with Crippen molar-refractivity contribution >= 4 is 28.2 Å². The van der Waals surface area contributed by atoms with E-state index in [0.717, 1.165) is 11.3 Å². The zero-order valence-corrected chi connectivity index (χ0v) is 10.7. The molecule has 0 aliphatic heterocycles. The van der Waals surface area contributed by atoms with Crippen LogP contribution in [0.15, 0.2) is 48.5 Å². The molecule has 0 radical (unpaired) electrons. The van der Waals surface area contributed by atoms with E-state index < -0.39 is 5.82 Å². The summed E-state index contributed by atoms with van der Waals surface area (Å²) in [6.07, 6.45) is 0. The molecule has 0 atom stereocenters. The Hall–Kier alpha value is -2.13. The quantitative estimate of drug-likeness (QED) is 0.718. The Morgan fingerprint density at radius 3 is 2.53 bits per heavy atom. The minimum atomic E-state index is -0.418. The number of benzene rings is 2. The number of halogens is 2. The lowest BCUT2D eigenvalue weighted by Crippen LogP contribution is -1.94. The number of hydrogen-bond acceptors (Lipinski definition) is 2. The fourth-order valence-corrected chi connectivity index (χ4v) is 2.28. The molecule has 94 valence electrons. The summed E-state index contributed by atoms with van der Waals surface area (Å²) in [5.41, 5.74) is 8.61. The molecule has 0 saturated heterocycles. The molecule has 3 rings (SSSR count). The highest BCUT2D eigenvalue weighted by molar-refractivity contribution is 6.35. The molecule has 3 aromatic rings. The highest BCUT2D eigenvalue weighted by Crippen LogP contribution is 2.31. The Balaban J connectivity index is 2.31. The van der Waals surface area contributed by atoms with Gasteiger partial charge in [0.25, 0.3) is 0 Å². The molecule has 2 nitrogen and oxygen atoms in total. The third kappa shape index (κ3) is 2.13. The van der Waals surface area contributed by atoms with Crippen LogP contribution in [0.1, 0.15) is 0 Å². The Morgan fingerprint density at radius 1 is 1.05 bits per heavy atom. The van der Waals surface area contributed by atoms with Crippen LogP contribution in [-0.2, 0) is 0 Å². The highest BCUT2D eigenvalue weighted by atomic mass is 35.5. The third-order valence-corrected chi connectivity index (χ3v) is 3.22. The number of nitrogen functional groups attached to an aromatic ring is 1. The van der Waals surface area contributed by atoms with Gasteiger partial charge in [-0.15, -0.1) is 0 Å². The van der Waals surface area contributed by atoms with Crippen molar-refractivity contribution in [3.05, 3.63) is 59.4 Å². The van der Waals surface area contributed by atoms with E-state index >= 15 is 0 Å². The molecule has 0 fully saturated rings. The van der Waals surface area contributed by atoms with Crippen molar-refractivity contribution in [3.8, 4) is 11.3 Å². The maximum Gasteiger partial charge on any atom is 0.125 e. The van der Waals surface area contributed by atoms with Gasteiger partial charge in [0.15, 0.2) is 0 Å². The van der Waals surface area contributed by atoms with E-state index in [1.54, 1.807) is 6.07 Å². The second kappa shape index (κ2) is 4.52. The van der Waals surface area contributed by atoms with E-state index in [0.29, 0.717) is 16.6 Å². The standard InChI is InChI=1S/C15H10ClFN2/c16-12-7-10(17)6-11-13(18)8-14(19-15(11)12)9-4-2-1-3-5-9/h1-8H,(H2,18,19). The van der Waals surface area contributed by atoms with Crippen LogP contribution in [0.5, 0.6) is 0 Å². The van der Waals surface area contributed by atoms with E-state index in [9.17, 15) is 4.39 Å². The molecular formula is C15H10ClFN2. The second-order valence-electron chi connectivity index (χ2n) is 4.25. The summed E-state index contributed by atoms with van der Waals surface area (Å²) >= 11 is 6.04. The molecule has 0 unspecified atom stereocenters. The van der Waals surface area contributed by atoms with Gasteiger partial charge in [-0.25, -0.2) is 9.37 Å². The van der Waals surface area contributed by atoms with Crippen LogP contribution in [0.3, 0.4) is 0 Å². The SMILES string of the molecule is Nc1cc(-c2ccccc2)nc2c(Cl)cc(F)cc12. The topological polar surface area (TPSA) is 38.9 Å². The summed E-state index contributed by atoms with van der Waals surface area (Å²) in [7, 11) is 0. The molecule has 0 aliphatic carbocycles. The summed E-state index contributed by atoms with van der Waals surface area (Å²) < 4.78 is 13.3. The predicted octanol–water partition coefficient (Wildman–Crippen LogP) is 4.28. The molecular weight excluding hydrogens is 263 g/mol. The van der Waals surface area contributed by atoms with Crippen LogP contribution in [0.25, 0.3) is 22.2 Å². The molecule has 0 aliphatic rings. The van der Waals surface area contributed by atoms with Gasteiger partial charge in [-0.05, 0) is 18.2 Å². The van der Waals surface area contributed by atoms with Crippen LogP contribution in [0.2, 0.25) is 5.02 Å². The first-order valence-corrected chi connectivity index (χ1v) is 6.13. The van der Waals surface area contributed by atoms with E-state index in [1.165, 1.54) is 12.1 Å². The number of nitrogens with zero attached hydrogens (tertiary/aromatic N) is 1. The summed E-state index contributed by atoms with van der Waals surface area (Å²) in [6.45, 7) is 0. The molecule has 1 heterocycles. The Kier molecular flexibility index (Phi) is 2.84. The number of aromatic nitrogens is 1. The van der Waals surface area contributed by atoms with E-state index in [1.807, 2.05) is 30.3 Å². The molecule has 2 aromatic carbocycles. The van der Waals surface area contributed by atoms with Gasteiger partial charge in [0.1, 0.15) is 5.82 Å². The molecule has 1 aromatic heterocycles. The van der Waals surface area contributed by atoms with Gasteiger partial charge in [0.2, 0.25) is 0 Å². The average molecular weight is 273 g/mol. The normalized spacial score (nSPS) is 10.8. The first-order chi connectivity index (χ1) is 9.15. The van der Waals surface area contributed by atoms with Gasteiger partial charge in [-0.1, -0.05) is 41.9 Å². The van der Waals surface area contributed by atoms with Crippen molar-refractivity contribution in [2.24, 2.45) is 0 Å². The van der Waals surface area contributed by atoms with Gasteiger partial charge in [-0.3, -0.25) is 0 Å². The number of pyridine rings is 1. The van der Waals surface area contributed by atoms with Gasteiger partial charge in [0, 0.05) is 16.6 Å². The van der Waals surface area contributed by atoms with Crippen LogP contribution in [0.4, 0.5) is 10.1 Å². The second-order valence-corrected chi connectivity index (χ2v) is 4.65. The Morgan fingerprint density at radius 2 is 1.79 bits per heavy atom. The van der Waals surface area contributed by atoms with E-state index in [4.69, 9.17) is 17.3 Å². The summed E-state index contributed by atoms with van der Waals surface area (Å²) in [6, 6.07) is 14.0. The van der Waals surface area contributed by atoms with Crippen LogP contribution < -0.4 is 5.73 Å². The maximum atomic E-state index is 13.3. The Bertz CT molecular complexity index is 757. The molecule has 0 bridgehead atoms. The smallest absolute Gasteiger partial charge is 0.125 e. The zero-order valence-electron chi connectivity index (χ0n) is 9.90. The number of anilines is 1. The number of rotatable bonds is 1. The van der Waals surface area contributed by atoms with Gasteiger partial charge in [0.05, 0.1) is 16.2 Å². The summed E-state index contributed by atoms with van der Waals surface area (Å²) in [5, 5.41) is 0.796. The maximum absolute atomic E-state index is 13.3. The van der Waals surface area contributed by atoms with Crippen molar-refractivity contribution in [2.45, 2.75) is 0 Å². The number of nitrogens with two attached hydrogens (primary N) is 1. The lowest BCUT2D eigenvalue weighted by atomic mass is 10.1.